The van der Waals surface area contributed by atoms with Gasteiger partial charge >= 0.3 is 18.2 Å². The molecule has 0 atom stereocenters. The molecule has 17 heteroatoms. The van der Waals surface area contributed by atoms with E-state index in [9.17, 15) is 31.2 Å². The lowest BCUT2D eigenvalue weighted by molar-refractivity contribution is -0.242. The third-order valence-corrected chi connectivity index (χ3v) is 7.07. The zero-order valence-corrected chi connectivity index (χ0v) is 23.0. The maximum absolute atomic E-state index is 13.5. The Bertz CT molecular complexity index is 1300. The van der Waals surface area contributed by atoms with Crippen LogP contribution in [0.3, 0.4) is 0 Å². The van der Waals surface area contributed by atoms with Gasteiger partial charge in [0.15, 0.2) is 4.90 Å². The summed E-state index contributed by atoms with van der Waals surface area (Å²) in [4.78, 5) is 21.2. The number of halogens is 3. The van der Waals surface area contributed by atoms with E-state index in [2.05, 4.69) is 15.2 Å². The number of amides is 1. The zero-order chi connectivity index (χ0) is 30.3. The molecule has 0 saturated heterocycles. The minimum absolute atomic E-state index is 0.0153. The highest BCUT2D eigenvalue weighted by Gasteiger charge is 2.51. The van der Waals surface area contributed by atoms with Gasteiger partial charge in [0.1, 0.15) is 19.0 Å². The number of aromatic nitrogens is 2. The highest BCUT2D eigenvalue weighted by Crippen LogP contribution is 2.39. The van der Waals surface area contributed by atoms with E-state index in [4.69, 9.17) is 19.7 Å². The molecule has 0 spiro atoms. The number of benzene rings is 1. The lowest BCUT2D eigenvalue weighted by Crippen LogP contribution is -2.44. The lowest BCUT2D eigenvalue weighted by atomic mass is 10.1. The Morgan fingerprint density at radius 2 is 1.88 bits per heavy atom. The van der Waals surface area contributed by atoms with E-state index in [0.717, 1.165) is 4.31 Å². The van der Waals surface area contributed by atoms with Gasteiger partial charge in [-0.15, -0.1) is 5.10 Å². The molecule has 0 saturated carbocycles. The number of carboxylic acids is 1. The molecule has 0 unspecified atom stereocenters. The van der Waals surface area contributed by atoms with Crippen LogP contribution in [0, 0.1) is 0 Å². The first-order valence-corrected chi connectivity index (χ1v) is 13.4. The second-order valence-corrected chi connectivity index (χ2v) is 10.4. The van der Waals surface area contributed by atoms with Crippen LogP contribution in [0.1, 0.15) is 34.1 Å². The molecular formula is C23H31F3N4O9S. The Kier molecular flexibility index (Phi) is 10.6. The molecule has 1 aliphatic heterocycles. The number of sulfonamides is 1. The van der Waals surface area contributed by atoms with Crippen molar-refractivity contribution in [2.45, 2.75) is 57.3 Å². The minimum Gasteiger partial charge on any atom is -0.489 e. The fourth-order valence-corrected chi connectivity index (χ4v) is 4.57. The number of aliphatic carboxylic acids is 1. The molecule has 3 rings (SSSR count). The number of aryl methyl sites for hydroxylation is 1. The van der Waals surface area contributed by atoms with Crippen molar-refractivity contribution in [2.75, 3.05) is 36.0 Å². The molecule has 2 aromatic rings. The third-order valence-electron chi connectivity index (χ3n) is 5.28. The molecule has 1 aliphatic rings. The van der Waals surface area contributed by atoms with Gasteiger partial charge < -0.3 is 24.4 Å². The Labute approximate surface area is 228 Å². The van der Waals surface area contributed by atoms with E-state index in [0.29, 0.717) is 20.4 Å². The van der Waals surface area contributed by atoms with Crippen LogP contribution in [0.4, 0.5) is 29.3 Å². The molecule has 0 fully saturated rings. The van der Waals surface area contributed by atoms with Crippen molar-refractivity contribution in [1.82, 2.24) is 9.78 Å². The number of fused-ring (bicyclic) bond motifs is 1. The highest BCUT2D eigenvalue weighted by atomic mass is 32.2. The van der Waals surface area contributed by atoms with E-state index in [1.54, 1.807) is 13.8 Å². The average molecular weight is 597 g/mol. The number of alkyl halides is 3. The molecule has 0 aliphatic carbocycles. The summed E-state index contributed by atoms with van der Waals surface area (Å²) in [5.41, 5.74) is -2.71. The number of rotatable bonds is 9. The van der Waals surface area contributed by atoms with Crippen molar-refractivity contribution in [3.63, 3.8) is 0 Å². The molecule has 0 bridgehead atoms. The van der Waals surface area contributed by atoms with Gasteiger partial charge in [-0.2, -0.15) is 13.2 Å². The third kappa shape index (κ3) is 7.91. The Balaban J connectivity index is 0.00000103. The number of aliphatic hydroxyl groups excluding tert-OH is 1. The number of nitrogens with zero attached hydrogens (tertiary/aromatic N) is 3. The van der Waals surface area contributed by atoms with Gasteiger partial charge in [-0.05, 0) is 39.0 Å². The summed E-state index contributed by atoms with van der Waals surface area (Å²) in [7, 11) is -4.25. The average Bonchev–Trinajstić information content (AvgIpc) is 3.30. The maximum Gasteiger partial charge on any atom is 0.427 e. The first kappa shape index (κ1) is 32.5. The van der Waals surface area contributed by atoms with Gasteiger partial charge in [0.2, 0.25) is 5.60 Å². The number of carbonyl (C=O) groups excluding carboxylic acids is 1. The smallest absolute Gasteiger partial charge is 0.427 e. The van der Waals surface area contributed by atoms with Crippen molar-refractivity contribution in [1.29, 1.82) is 0 Å². The number of ether oxygens (including phenoxy) is 3. The fourth-order valence-electron chi connectivity index (χ4n) is 3.04. The quantitative estimate of drug-likeness (QED) is 0.391. The Morgan fingerprint density at radius 1 is 1.23 bits per heavy atom. The van der Waals surface area contributed by atoms with Crippen LogP contribution in [0.5, 0.6) is 11.6 Å². The number of hydrogen-bond acceptors (Lipinski definition) is 9. The second-order valence-electron chi connectivity index (χ2n) is 8.60. The number of hydrogen-bond donors (Lipinski definition) is 3. The number of aliphatic hydroxyl groups is 1. The normalized spacial score (nSPS) is 13.3. The number of carbonyl (C=O) groups is 2. The molecule has 0 radical (unpaired) electrons. The van der Waals surface area contributed by atoms with E-state index in [1.807, 2.05) is 0 Å². The van der Waals surface area contributed by atoms with Crippen LogP contribution in [-0.2, 0) is 26.1 Å². The monoisotopic (exact) mass is 596 g/mol. The molecule has 1 amide bonds. The lowest BCUT2D eigenvalue weighted by Gasteiger charge is -2.31. The fraction of sp³-hybridized carbons (Fsp3) is 0.522. The van der Waals surface area contributed by atoms with E-state index >= 15 is 0 Å². The summed E-state index contributed by atoms with van der Waals surface area (Å²) in [5.74, 6) is -0.763. The summed E-state index contributed by atoms with van der Waals surface area (Å²) >= 11 is 0. The van der Waals surface area contributed by atoms with E-state index in [-0.39, 0.29) is 60.7 Å². The molecular weight excluding hydrogens is 565 g/mol. The summed E-state index contributed by atoms with van der Waals surface area (Å²) in [6, 6.07) is 3.95. The van der Waals surface area contributed by atoms with Crippen molar-refractivity contribution in [3.05, 3.63) is 24.4 Å². The minimum atomic E-state index is -4.79. The van der Waals surface area contributed by atoms with Crippen LogP contribution < -0.4 is 19.1 Å². The summed E-state index contributed by atoms with van der Waals surface area (Å²) in [6.45, 7) is 4.51. The van der Waals surface area contributed by atoms with Crippen molar-refractivity contribution < 1.29 is 55.6 Å². The van der Waals surface area contributed by atoms with Gasteiger partial charge in [0.05, 0.1) is 18.8 Å². The topological polar surface area (TPSA) is 170 Å². The van der Waals surface area contributed by atoms with Crippen LogP contribution >= 0.6 is 0 Å². The van der Waals surface area contributed by atoms with E-state index < -0.39 is 33.9 Å². The van der Waals surface area contributed by atoms with Gasteiger partial charge in [0, 0.05) is 24.8 Å². The van der Waals surface area contributed by atoms with Crippen LogP contribution in [0.2, 0.25) is 0 Å². The maximum atomic E-state index is 13.5. The summed E-state index contributed by atoms with van der Waals surface area (Å²) < 4.78 is 83.8. The Morgan fingerprint density at radius 3 is 2.42 bits per heavy atom. The Hall–Kier alpha value is -3.73. The second kappa shape index (κ2) is 13.1. The van der Waals surface area contributed by atoms with Gasteiger partial charge in [0.25, 0.3) is 15.9 Å². The van der Waals surface area contributed by atoms with Gasteiger partial charge in [-0.1, -0.05) is 6.92 Å². The number of nitrogens with one attached hydrogen (secondary N) is 1. The standard InChI is InChI=1S/C20H25F3N4O7S.C3H6O2/c1-4-26-12-16(17(25-26)33-10-8-28)35(30,31)27-7-9-32-15-6-5-13(11-14(15)27)24-18(29)34-19(2,3)20(21,22)23;1-2-3(4)5/h5-6,11-12,28H,4,7-10H2,1-3H3,(H,24,29);2H2,1H3,(H,4,5). The molecule has 224 valence electrons. The zero-order valence-electron chi connectivity index (χ0n) is 22.2. The van der Waals surface area contributed by atoms with E-state index in [1.165, 1.54) is 29.1 Å². The molecule has 1 aromatic heterocycles. The van der Waals surface area contributed by atoms with Crippen molar-refractivity contribution >= 4 is 33.5 Å². The van der Waals surface area contributed by atoms with Gasteiger partial charge in [-0.3, -0.25) is 19.1 Å². The largest absolute Gasteiger partial charge is 0.489 e. The summed E-state index contributed by atoms with van der Waals surface area (Å²) in [5, 5.41) is 23.0. The predicted molar refractivity (Wildman–Crippen MR) is 135 cm³/mol. The highest BCUT2D eigenvalue weighted by molar-refractivity contribution is 7.93. The van der Waals surface area contributed by atoms with Crippen LogP contribution in [0.15, 0.2) is 29.3 Å². The van der Waals surface area contributed by atoms with Crippen LogP contribution in [-0.4, -0.2) is 78.6 Å². The first-order chi connectivity index (χ1) is 18.6. The van der Waals surface area contributed by atoms with Gasteiger partial charge in [-0.25, -0.2) is 13.2 Å². The SMILES string of the molecule is CCC(=O)O.CCn1cc(S(=O)(=O)N2CCOc3ccc(NC(=O)OC(C)(C)C(F)(F)F)cc32)c(OCCO)n1. The first-order valence-electron chi connectivity index (χ1n) is 12.0. The molecule has 13 nitrogen and oxygen atoms in total. The molecule has 1 aromatic carbocycles. The van der Waals surface area contributed by atoms with Crippen LogP contribution in [0.25, 0.3) is 0 Å². The van der Waals surface area contributed by atoms with Crippen molar-refractivity contribution in [2.24, 2.45) is 0 Å². The van der Waals surface area contributed by atoms with Crippen molar-refractivity contribution in [3.8, 4) is 11.6 Å². The predicted octanol–water partition coefficient (Wildman–Crippen LogP) is 3.23. The number of anilines is 2. The molecule has 40 heavy (non-hydrogen) atoms. The molecule has 2 heterocycles. The summed E-state index contributed by atoms with van der Waals surface area (Å²) in [6.07, 6.45) is -4.66. The number of carboxylic acid groups (broad SMARTS) is 1. The molecule has 3 N–H and O–H groups in total.